The van der Waals surface area contributed by atoms with Crippen molar-refractivity contribution in [3.05, 3.63) is 36.2 Å². The van der Waals surface area contributed by atoms with Gasteiger partial charge in [0.2, 0.25) is 0 Å². The van der Waals surface area contributed by atoms with Crippen molar-refractivity contribution in [3.63, 3.8) is 0 Å². The Morgan fingerprint density at radius 1 is 1.38 bits per heavy atom. The zero-order chi connectivity index (χ0) is 11.5. The van der Waals surface area contributed by atoms with Gasteiger partial charge in [-0.25, -0.2) is 0 Å². The lowest BCUT2D eigenvalue weighted by atomic mass is 10.0. The number of hydrogen-bond acceptors (Lipinski definition) is 3. The molecule has 4 N–H and O–H groups in total. The van der Waals surface area contributed by atoms with E-state index < -0.39 is 0 Å². The number of nitrogens with zero attached hydrogens (tertiary/aromatic N) is 1. The van der Waals surface area contributed by atoms with Gasteiger partial charge in [0.05, 0.1) is 6.20 Å². The van der Waals surface area contributed by atoms with Crippen LogP contribution < -0.4 is 5.73 Å². The number of rotatable bonds is 3. The van der Waals surface area contributed by atoms with E-state index in [1.165, 1.54) is 0 Å². The fourth-order valence-corrected chi connectivity index (χ4v) is 1.68. The average Bonchev–Trinajstić information content (AvgIpc) is 2.66. The first-order valence-electron chi connectivity index (χ1n) is 5.24. The second-order valence-corrected chi connectivity index (χ2v) is 3.99. The molecule has 1 unspecified atom stereocenters. The predicted octanol–water partition coefficient (Wildman–Crippen LogP) is 1.67. The Morgan fingerprint density at radius 3 is 2.69 bits per heavy atom. The van der Waals surface area contributed by atoms with E-state index in [1.54, 1.807) is 18.3 Å². The summed E-state index contributed by atoms with van der Waals surface area (Å²) in [5.41, 5.74) is 8.86. The lowest BCUT2D eigenvalue weighted by molar-refractivity contribution is 0.475. The highest BCUT2D eigenvalue weighted by atomic mass is 16.3. The Morgan fingerprint density at radius 2 is 2.06 bits per heavy atom. The largest absolute Gasteiger partial charge is 0.508 e. The zero-order valence-electron chi connectivity index (χ0n) is 9.14. The number of phenols is 1. The molecule has 0 radical (unpaired) electrons. The van der Waals surface area contributed by atoms with E-state index in [0.29, 0.717) is 0 Å². The number of nitrogens with two attached hydrogens (primary N) is 1. The maximum atomic E-state index is 9.23. The number of H-pyrrole nitrogens is 1. The molecule has 0 saturated heterocycles. The number of hydrogen-bond donors (Lipinski definition) is 3. The van der Waals surface area contributed by atoms with E-state index in [2.05, 4.69) is 10.2 Å². The van der Waals surface area contributed by atoms with Gasteiger partial charge in [-0.05, 0) is 24.6 Å². The van der Waals surface area contributed by atoms with Crippen molar-refractivity contribution in [1.29, 1.82) is 0 Å². The van der Waals surface area contributed by atoms with Gasteiger partial charge in [-0.15, -0.1) is 0 Å². The number of nitrogens with one attached hydrogen (secondary N) is 1. The molecule has 0 fully saturated rings. The molecule has 0 spiro atoms. The minimum absolute atomic E-state index is 0.0938. The number of phenolic OH excluding ortho intramolecular Hbond substituents is 1. The van der Waals surface area contributed by atoms with Gasteiger partial charge >= 0.3 is 0 Å². The molecule has 2 rings (SSSR count). The molecule has 0 aliphatic heterocycles. The first kappa shape index (κ1) is 10.7. The second-order valence-electron chi connectivity index (χ2n) is 3.99. The van der Waals surface area contributed by atoms with Crippen LogP contribution in [-0.4, -0.2) is 21.3 Å². The summed E-state index contributed by atoms with van der Waals surface area (Å²) in [6.07, 6.45) is 2.54. The van der Waals surface area contributed by atoms with Gasteiger partial charge in [-0.2, -0.15) is 5.10 Å². The lowest BCUT2D eigenvalue weighted by Crippen LogP contribution is -2.18. The van der Waals surface area contributed by atoms with Crippen LogP contribution in [0.1, 0.15) is 12.6 Å². The average molecular weight is 217 g/mol. The first-order valence-corrected chi connectivity index (χ1v) is 5.24. The van der Waals surface area contributed by atoms with Crippen LogP contribution in [0.5, 0.6) is 5.75 Å². The van der Waals surface area contributed by atoms with Crippen LogP contribution in [-0.2, 0) is 6.42 Å². The van der Waals surface area contributed by atoms with Gasteiger partial charge in [0.15, 0.2) is 0 Å². The minimum atomic E-state index is 0.0938. The van der Waals surface area contributed by atoms with Crippen LogP contribution in [0.15, 0.2) is 30.5 Å². The summed E-state index contributed by atoms with van der Waals surface area (Å²) < 4.78 is 0. The van der Waals surface area contributed by atoms with Crippen LogP contribution in [0.25, 0.3) is 11.1 Å². The van der Waals surface area contributed by atoms with Gasteiger partial charge < -0.3 is 10.8 Å². The van der Waals surface area contributed by atoms with E-state index in [0.717, 1.165) is 23.2 Å². The van der Waals surface area contributed by atoms with Gasteiger partial charge in [-0.1, -0.05) is 12.1 Å². The molecule has 0 amide bonds. The fraction of sp³-hybridized carbons (Fsp3) is 0.250. The van der Waals surface area contributed by atoms with Crippen LogP contribution in [0.3, 0.4) is 0 Å². The molecule has 1 atom stereocenters. The molecule has 1 aromatic heterocycles. The minimum Gasteiger partial charge on any atom is -0.508 e. The monoisotopic (exact) mass is 217 g/mol. The topological polar surface area (TPSA) is 74.9 Å². The summed E-state index contributed by atoms with van der Waals surface area (Å²) in [6.45, 7) is 1.96. The Bertz CT molecular complexity index is 459. The van der Waals surface area contributed by atoms with Crippen molar-refractivity contribution in [3.8, 4) is 16.9 Å². The highest BCUT2D eigenvalue weighted by molar-refractivity contribution is 5.65. The van der Waals surface area contributed by atoms with Crippen LogP contribution in [0, 0.1) is 0 Å². The fourth-order valence-electron chi connectivity index (χ4n) is 1.68. The molecule has 4 nitrogen and oxygen atoms in total. The molecule has 84 valence electrons. The van der Waals surface area contributed by atoms with Crippen molar-refractivity contribution < 1.29 is 5.11 Å². The Kier molecular flexibility index (Phi) is 2.92. The second kappa shape index (κ2) is 4.37. The van der Waals surface area contributed by atoms with Gasteiger partial charge in [-0.3, -0.25) is 5.10 Å². The smallest absolute Gasteiger partial charge is 0.115 e. The van der Waals surface area contributed by atoms with E-state index in [9.17, 15) is 5.11 Å². The van der Waals surface area contributed by atoms with Crippen molar-refractivity contribution in [2.75, 3.05) is 0 Å². The zero-order valence-corrected chi connectivity index (χ0v) is 9.14. The lowest BCUT2D eigenvalue weighted by Gasteiger charge is -2.06. The molecular formula is C12H15N3O. The molecular weight excluding hydrogens is 202 g/mol. The third-order valence-corrected chi connectivity index (χ3v) is 2.42. The van der Waals surface area contributed by atoms with Crippen molar-refractivity contribution >= 4 is 0 Å². The van der Waals surface area contributed by atoms with Crippen LogP contribution in [0.4, 0.5) is 0 Å². The van der Waals surface area contributed by atoms with Gasteiger partial charge in [0.1, 0.15) is 5.75 Å². The maximum Gasteiger partial charge on any atom is 0.115 e. The summed E-state index contributed by atoms with van der Waals surface area (Å²) in [7, 11) is 0. The van der Waals surface area contributed by atoms with E-state index in [-0.39, 0.29) is 11.8 Å². The number of aromatic amines is 1. The van der Waals surface area contributed by atoms with Crippen molar-refractivity contribution in [2.45, 2.75) is 19.4 Å². The third kappa shape index (κ3) is 2.23. The molecule has 16 heavy (non-hydrogen) atoms. The Labute approximate surface area is 94.1 Å². The molecule has 0 bridgehead atoms. The highest BCUT2D eigenvalue weighted by Crippen LogP contribution is 2.24. The Balaban J connectivity index is 2.33. The Hall–Kier alpha value is -1.81. The van der Waals surface area contributed by atoms with E-state index >= 15 is 0 Å². The molecule has 0 aliphatic rings. The molecule has 1 aromatic carbocycles. The standard InChI is InChI=1S/C12H15N3O/c1-8(13)6-12-11(7-14-15-12)9-2-4-10(16)5-3-9/h2-5,7-8,16H,6,13H2,1H3,(H,14,15). The molecule has 0 aliphatic carbocycles. The number of aromatic nitrogens is 2. The third-order valence-electron chi connectivity index (χ3n) is 2.42. The number of aromatic hydroxyl groups is 1. The molecule has 0 saturated carbocycles. The summed E-state index contributed by atoms with van der Waals surface area (Å²) in [6, 6.07) is 7.16. The molecule has 2 aromatic rings. The molecule has 4 heteroatoms. The first-order chi connectivity index (χ1) is 7.66. The predicted molar refractivity (Wildman–Crippen MR) is 63.0 cm³/mol. The summed E-state index contributed by atoms with van der Waals surface area (Å²) in [5.74, 6) is 0.265. The maximum absolute atomic E-state index is 9.23. The van der Waals surface area contributed by atoms with Crippen LogP contribution in [0.2, 0.25) is 0 Å². The quantitative estimate of drug-likeness (QED) is 0.732. The van der Waals surface area contributed by atoms with Crippen molar-refractivity contribution in [1.82, 2.24) is 10.2 Å². The highest BCUT2D eigenvalue weighted by Gasteiger charge is 2.09. The summed E-state index contributed by atoms with van der Waals surface area (Å²) in [4.78, 5) is 0. The normalized spacial score (nSPS) is 12.6. The van der Waals surface area contributed by atoms with Crippen LogP contribution >= 0.6 is 0 Å². The summed E-state index contributed by atoms with van der Waals surface area (Å²) >= 11 is 0. The van der Waals surface area contributed by atoms with Crippen molar-refractivity contribution in [2.24, 2.45) is 5.73 Å². The summed E-state index contributed by atoms with van der Waals surface area (Å²) in [5, 5.41) is 16.2. The molecule has 1 heterocycles. The van der Waals surface area contributed by atoms with E-state index in [4.69, 9.17) is 5.73 Å². The van der Waals surface area contributed by atoms with Gasteiger partial charge in [0.25, 0.3) is 0 Å². The number of benzene rings is 1. The van der Waals surface area contributed by atoms with E-state index in [1.807, 2.05) is 19.1 Å². The SMILES string of the molecule is CC(N)Cc1[nH]ncc1-c1ccc(O)cc1. The van der Waals surface area contributed by atoms with Gasteiger partial charge in [0, 0.05) is 23.7 Å².